The summed E-state index contributed by atoms with van der Waals surface area (Å²) in [6.07, 6.45) is 0.716. The van der Waals surface area contributed by atoms with Gasteiger partial charge in [-0.3, -0.25) is 14.2 Å². The second kappa shape index (κ2) is 9.87. The van der Waals surface area contributed by atoms with Crippen LogP contribution < -0.4 is 4.74 Å². The minimum Gasteiger partial charge on any atom is -0.507 e. The Morgan fingerprint density at radius 1 is 1.16 bits per heavy atom. The number of carboxylic acids is 1. The number of nitrogens with zero attached hydrogens (tertiary/aromatic N) is 1. The molecule has 2 aromatic rings. The van der Waals surface area contributed by atoms with Gasteiger partial charge in [-0.2, -0.15) is 0 Å². The van der Waals surface area contributed by atoms with Crippen LogP contribution in [0.15, 0.2) is 39.3 Å². The Balaban J connectivity index is 1.83. The summed E-state index contributed by atoms with van der Waals surface area (Å²) < 4.78 is 18.1. The molecule has 11 heteroatoms. The predicted molar refractivity (Wildman–Crippen MR) is 123 cm³/mol. The molecule has 0 aromatic heterocycles. The molecule has 1 unspecified atom stereocenters. The molecule has 1 amide bonds. The van der Waals surface area contributed by atoms with Gasteiger partial charge in [0.15, 0.2) is 19.6 Å². The van der Waals surface area contributed by atoms with Gasteiger partial charge >= 0.3 is 5.97 Å². The molecule has 3 rings (SSSR count). The zero-order chi connectivity index (χ0) is 23.6. The highest BCUT2D eigenvalue weighted by Gasteiger charge is 2.29. The number of hydrogen-bond donors (Lipinski definition) is 3. The SMILES string of the molecule is CC(O)(P=O)c1cc(Br)c(Oc2ccc(O)c(C(=O)N3CCC(C(=O)O)CC3)c2)c(Br)c1. The number of halogens is 2. The van der Waals surface area contributed by atoms with E-state index < -0.39 is 31.6 Å². The highest BCUT2D eigenvalue weighted by Crippen LogP contribution is 2.43. The van der Waals surface area contributed by atoms with Crippen LogP contribution in [-0.2, 0) is 14.7 Å². The van der Waals surface area contributed by atoms with E-state index in [2.05, 4.69) is 31.9 Å². The van der Waals surface area contributed by atoms with Crippen LogP contribution in [0.25, 0.3) is 0 Å². The summed E-state index contributed by atoms with van der Waals surface area (Å²) in [5.41, 5.74) is 0.444. The third-order valence-electron chi connectivity index (χ3n) is 5.27. The van der Waals surface area contributed by atoms with E-state index >= 15 is 0 Å². The van der Waals surface area contributed by atoms with Gasteiger partial charge in [0.25, 0.3) is 5.91 Å². The number of aliphatic hydroxyl groups is 1. The van der Waals surface area contributed by atoms with Crippen molar-refractivity contribution >= 4 is 52.2 Å². The van der Waals surface area contributed by atoms with Crippen LogP contribution >= 0.6 is 40.3 Å². The molecule has 0 radical (unpaired) electrons. The largest absolute Gasteiger partial charge is 0.507 e. The molecule has 1 aliphatic heterocycles. The molecule has 8 nitrogen and oxygen atoms in total. The minimum atomic E-state index is -1.57. The summed E-state index contributed by atoms with van der Waals surface area (Å²) in [5.74, 6) is -1.30. The van der Waals surface area contributed by atoms with E-state index in [9.17, 15) is 24.4 Å². The van der Waals surface area contributed by atoms with E-state index in [1.54, 1.807) is 12.1 Å². The number of carbonyl (C=O) groups is 2. The molecule has 1 saturated heterocycles. The fraction of sp³-hybridized carbons (Fsp3) is 0.333. The lowest BCUT2D eigenvalue weighted by Gasteiger charge is -2.30. The first-order valence-electron chi connectivity index (χ1n) is 9.63. The highest BCUT2D eigenvalue weighted by molar-refractivity contribution is 9.11. The van der Waals surface area contributed by atoms with Crippen molar-refractivity contribution in [2.75, 3.05) is 13.1 Å². The molecule has 32 heavy (non-hydrogen) atoms. The number of piperidine rings is 1. The van der Waals surface area contributed by atoms with Crippen LogP contribution in [0, 0.1) is 5.92 Å². The van der Waals surface area contributed by atoms with E-state index in [-0.39, 0.29) is 30.2 Å². The van der Waals surface area contributed by atoms with E-state index in [0.717, 1.165) is 0 Å². The molecule has 1 atom stereocenters. The van der Waals surface area contributed by atoms with Crippen LogP contribution in [0.4, 0.5) is 0 Å². The molecule has 0 saturated carbocycles. The average Bonchev–Trinajstić information content (AvgIpc) is 2.76. The number of benzene rings is 2. The number of phenols is 1. The van der Waals surface area contributed by atoms with Gasteiger partial charge in [-0.25, -0.2) is 0 Å². The molecule has 170 valence electrons. The maximum Gasteiger partial charge on any atom is 0.306 e. The maximum atomic E-state index is 12.9. The normalized spacial score (nSPS) is 16.6. The number of carbonyl (C=O) groups excluding carboxylic acids is 1. The summed E-state index contributed by atoms with van der Waals surface area (Å²) in [4.78, 5) is 25.6. The van der Waals surface area contributed by atoms with Crippen molar-refractivity contribution in [1.82, 2.24) is 4.90 Å². The van der Waals surface area contributed by atoms with Gasteiger partial charge in [0.05, 0.1) is 20.4 Å². The molecule has 1 aliphatic rings. The number of amides is 1. The number of likely N-dealkylation sites (tertiary alicyclic amines) is 1. The summed E-state index contributed by atoms with van der Waals surface area (Å²) in [5, 5.41) is 28.0. The number of hydrogen-bond acceptors (Lipinski definition) is 6. The zero-order valence-electron chi connectivity index (χ0n) is 16.9. The van der Waals surface area contributed by atoms with Gasteiger partial charge < -0.3 is 25.0 Å². The third kappa shape index (κ3) is 5.31. The van der Waals surface area contributed by atoms with Gasteiger partial charge in [0, 0.05) is 13.1 Å². The number of carboxylic acid groups (broad SMARTS) is 1. The van der Waals surface area contributed by atoms with Crippen LogP contribution in [0.5, 0.6) is 17.2 Å². The summed E-state index contributed by atoms with van der Waals surface area (Å²) in [6.45, 7) is 1.99. The Bertz CT molecular complexity index is 1050. The summed E-state index contributed by atoms with van der Waals surface area (Å²) in [6, 6.07) is 7.42. The van der Waals surface area contributed by atoms with Crippen molar-refractivity contribution in [3.63, 3.8) is 0 Å². The minimum absolute atomic E-state index is 0.0493. The van der Waals surface area contributed by atoms with Crippen molar-refractivity contribution < 1.29 is 34.2 Å². The Labute approximate surface area is 202 Å². The van der Waals surface area contributed by atoms with Gasteiger partial charge in [0.1, 0.15) is 11.5 Å². The number of rotatable bonds is 6. The monoisotopic (exact) mass is 587 g/mol. The lowest BCUT2D eigenvalue weighted by atomic mass is 9.96. The zero-order valence-corrected chi connectivity index (χ0v) is 21.0. The molecule has 3 N–H and O–H groups in total. The van der Waals surface area contributed by atoms with E-state index in [4.69, 9.17) is 9.84 Å². The number of phenolic OH excluding ortho intramolecular Hbond substituents is 1. The van der Waals surface area contributed by atoms with Gasteiger partial charge in [-0.05, 0) is 87.5 Å². The first kappa shape index (κ1) is 24.6. The van der Waals surface area contributed by atoms with Crippen LogP contribution in [0.3, 0.4) is 0 Å². The first-order valence-corrected chi connectivity index (χ1v) is 12.0. The van der Waals surface area contributed by atoms with Gasteiger partial charge in [0.2, 0.25) is 0 Å². The molecular weight excluding hydrogens is 569 g/mol. The topological polar surface area (TPSA) is 124 Å². The molecule has 0 aliphatic carbocycles. The van der Waals surface area contributed by atoms with Gasteiger partial charge in [-0.1, -0.05) is 0 Å². The number of aromatic hydroxyl groups is 1. The van der Waals surface area contributed by atoms with E-state index in [0.29, 0.717) is 33.1 Å². The van der Waals surface area contributed by atoms with Crippen molar-refractivity contribution in [2.45, 2.75) is 25.1 Å². The second-order valence-corrected chi connectivity index (χ2v) is 10.3. The van der Waals surface area contributed by atoms with Crippen molar-refractivity contribution in [3.05, 3.63) is 50.4 Å². The molecule has 0 bridgehead atoms. The standard InChI is InChI=1S/C21H20Br2NO7P/c1-21(29,32-30)12-8-15(22)18(16(23)9-12)31-13-2-3-17(25)14(10-13)19(26)24-6-4-11(5-7-24)20(27)28/h2-3,8-11,25,29H,4-7H2,1H3,(H,27,28). The van der Waals surface area contributed by atoms with Gasteiger partial charge in [-0.15, -0.1) is 0 Å². The Kier molecular flexibility index (Phi) is 7.60. The Morgan fingerprint density at radius 2 is 1.75 bits per heavy atom. The molecule has 1 heterocycles. The fourth-order valence-electron chi connectivity index (χ4n) is 3.35. The van der Waals surface area contributed by atoms with E-state index in [1.165, 1.54) is 30.0 Å². The smallest absolute Gasteiger partial charge is 0.306 e. The number of aliphatic carboxylic acids is 1. The van der Waals surface area contributed by atoms with Crippen LogP contribution in [0.2, 0.25) is 0 Å². The van der Waals surface area contributed by atoms with Crippen molar-refractivity contribution in [2.24, 2.45) is 5.92 Å². The summed E-state index contributed by atoms with van der Waals surface area (Å²) >= 11 is 6.75. The van der Waals surface area contributed by atoms with Crippen molar-refractivity contribution in [3.8, 4) is 17.2 Å². The molecular formula is C21H20Br2NO7P. The molecule has 1 fully saturated rings. The Morgan fingerprint density at radius 3 is 2.28 bits per heavy atom. The first-order chi connectivity index (χ1) is 15.0. The molecule has 0 spiro atoms. The lowest BCUT2D eigenvalue weighted by molar-refractivity contribution is -0.143. The highest BCUT2D eigenvalue weighted by atomic mass is 79.9. The molecule has 2 aromatic carbocycles. The fourth-order valence-corrected chi connectivity index (χ4v) is 4.93. The van der Waals surface area contributed by atoms with E-state index in [1.807, 2.05) is 0 Å². The van der Waals surface area contributed by atoms with Crippen LogP contribution in [-0.4, -0.2) is 45.2 Å². The lowest BCUT2D eigenvalue weighted by Crippen LogP contribution is -2.40. The Hall–Kier alpha value is -2.00. The second-order valence-electron chi connectivity index (χ2n) is 7.57. The summed E-state index contributed by atoms with van der Waals surface area (Å²) in [7, 11) is -0.456. The third-order valence-corrected chi connectivity index (χ3v) is 7.06. The van der Waals surface area contributed by atoms with Crippen molar-refractivity contribution in [1.29, 1.82) is 0 Å². The quantitative estimate of drug-likeness (QED) is 0.401. The maximum absolute atomic E-state index is 12.9. The van der Waals surface area contributed by atoms with Crippen LogP contribution in [0.1, 0.15) is 35.7 Å². The number of ether oxygens (including phenoxy) is 1. The predicted octanol–water partition coefficient (Wildman–Crippen LogP) is 5.10. The average molecular weight is 589 g/mol.